The van der Waals surface area contributed by atoms with E-state index in [1.165, 1.54) is 17.3 Å². The van der Waals surface area contributed by atoms with Gasteiger partial charge < -0.3 is 14.8 Å². The van der Waals surface area contributed by atoms with Gasteiger partial charge in [0, 0.05) is 4.90 Å². The first kappa shape index (κ1) is 19.2. The maximum absolute atomic E-state index is 12.2. The van der Waals surface area contributed by atoms with E-state index in [1.54, 1.807) is 7.11 Å². The Kier molecular flexibility index (Phi) is 7.67. The molecule has 0 saturated carbocycles. The minimum absolute atomic E-state index is 0.00532. The number of aryl methyl sites for hydroxylation is 1. The molecule has 0 radical (unpaired) electrons. The maximum Gasteiger partial charge on any atom is 0.233 e. The van der Waals surface area contributed by atoms with Gasteiger partial charge in [-0.1, -0.05) is 19.1 Å². The quantitative estimate of drug-likeness (QED) is 0.544. The van der Waals surface area contributed by atoms with E-state index in [-0.39, 0.29) is 11.2 Å². The topological polar surface area (TPSA) is 47.6 Å². The molecular formula is C20H25NO3S. The largest absolute Gasteiger partial charge is 0.497 e. The molecule has 0 aliphatic rings. The summed E-state index contributed by atoms with van der Waals surface area (Å²) in [6.45, 7) is 4.96. The van der Waals surface area contributed by atoms with Crippen LogP contribution in [0.15, 0.2) is 53.4 Å². The van der Waals surface area contributed by atoms with Gasteiger partial charge in [-0.3, -0.25) is 4.79 Å². The van der Waals surface area contributed by atoms with Crippen LogP contribution in [0, 0.1) is 0 Å². The number of carbonyl (C=O) groups excluding carboxylic acids is 1. The molecule has 0 aliphatic carbocycles. The third-order valence-corrected chi connectivity index (χ3v) is 4.86. The van der Waals surface area contributed by atoms with Crippen LogP contribution >= 0.6 is 11.8 Å². The lowest BCUT2D eigenvalue weighted by Gasteiger charge is -2.13. The minimum Gasteiger partial charge on any atom is -0.497 e. The zero-order chi connectivity index (χ0) is 18.1. The molecule has 134 valence electrons. The van der Waals surface area contributed by atoms with Gasteiger partial charge >= 0.3 is 0 Å². The predicted octanol–water partition coefficient (Wildman–Crippen LogP) is 3.93. The van der Waals surface area contributed by atoms with Crippen LogP contribution in [0.4, 0.5) is 0 Å². The van der Waals surface area contributed by atoms with Gasteiger partial charge in [-0.2, -0.15) is 0 Å². The van der Waals surface area contributed by atoms with Crippen molar-refractivity contribution in [2.45, 2.75) is 30.4 Å². The number of methoxy groups -OCH3 is 1. The normalized spacial score (nSPS) is 11.6. The fourth-order valence-electron chi connectivity index (χ4n) is 2.22. The number of rotatable bonds is 9. The van der Waals surface area contributed by atoms with E-state index in [0.29, 0.717) is 13.2 Å². The van der Waals surface area contributed by atoms with Gasteiger partial charge in [0.15, 0.2) is 0 Å². The fourth-order valence-corrected chi connectivity index (χ4v) is 3.11. The van der Waals surface area contributed by atoms with E-state index in [9.17, 15) is 4.79 Å². The van der Waals surface area contributed by atoms with E-state index in [4.69, 9.17) is 9.47 Å². The number of hydrogen-bond acceptors (Lipinski definition) is 4. The van der Waals surface area contributed by atoms with Gasteiger partial charge in [0.25, 0.3) is 0 Å². The lowest BCUT2D eigenvalue weighted by molar-refractivity contribution is -0.120. The second-order valence-electron chi connectivity index (χ2n) is 5.57. The third kappa shape index (κ3) is 6.35. The highest BCUT2D eigenvalue weighted by Gasteiger charge is 2.13. The number of benzene rings is 2. The molecule has 0 heterocycles. The van der Waals surface area contributed by atoms with Gasteiger partial charge in [-0.05, 0) is 55.3 Å². The van der Waals surface area contributed by atoms with Gasteiger partial charge in [0.1, 0.15) is 18.1 Å². The van der Waals surface area contributed by atoms with E-state index < -0.39 is 0 Å². The van der Waals surface area contributed by atoms with Crippen LogP contribution in [-0.4, -0.2) is 31.4 Å². The summed E-state index contributed by atoms with van der Waals surface area (Å²) in [5, 5.41) is 2.74. The molecule has 0 aliphatic heterocycles. The van der Waals surface area contributed by atoms with Gasteiger partial charge in [-0.25, -0.2) is 0 Å². The van der Waals surface area contributed by atoms with E-state index >= 15 is 0 Å². The van der Waals surface area contributed by atoms with Crippen LogP contribution < -0.4 is 14.8 Å². The molecule has 4 nitrogen and oxygen atoms in total. The van der Waals surface area contributed by atoms with Gasteiger partial charge in [0.2, 0.25) is 5.91 Å². The Morgan fingerprint density at radius 2 is 1.72 bits per heavy atom. The molecule has 0 bridgehead atoms. The van der Waals surface area contributed by atoms with E-state index in [1.807, 2.05) is 43.3 Å². The number of amides is 1. The average molecular weight is 359 g/mol. The van der Waals surface area contributed by atoms with E-state index in [0.717, 1.165) is 22.8 Å². The Morgan fingerprint density at radius 3 is 2.32 bits per heavy atom. The molecule has 0 unspecified atom stereocenters. The molecule has 0 fully saturated rings. The van der Waals surface area contributed by atoms with Crippen molar-refractivity contribution in [3.05, 3.63) is 54.1 Å². The zero-order valence-electron chi connectivity index (χ0n) is 15.0. The van der Waals surface area contributed by atoms with Crippen molar-refractivity contribution in [2.75, 3.05) is 20.3 Å². The number of ether oxygens (including phenoxy) is 2. The molecule has 5 heteroatoms. The van der Waals surface area contributed by atoms with Crippen LogP contribution in [0.25, 0.3) is 0 Å². The number of thioether (sulfide) groups is 1. The first-order valence-electron chi connectivity index (χ1n) is 8.42. The monoisotopic (exact) mass is 359 g/mol. The van der Waals surface area contributed by atoms with Crippen LogP contribution in [-0.2, 0) is 11.2 Å². The molecule has 2 rings (SSSR count). The molecule has 0 aromatic heterocycles. The smallest absolute Gasteiger partial charge is 0.233 e. The van der Waals surface area contributed by atoms with Crippen LogP contribution in [0.1, 0.15) is 19.4 Å². The minimum atomic E-state index is -0.169. The van der Waals surface area contributed by atoms with Crippen molar-refractivity contribution in [1.29, 1.82) is 0 Å². The highest BCUT2D eigenvalue weighted by molar-refractivity contribution is 8.00. The van der Waals surface area contributed by atoms with Crippen LogP contribution in [0.2, 0.25) is 0 Å². The maximum atomic E-state index is 12.2. The van der Waals surface area contributed by atoms with E-state index in [2.05, 4.69) is 24.4 Å². The van der Waals surface area contributed by atoms with Crippen molar-refractivity contribution < 1.29 is 14.3 Å². The summed E-state index contributed by atoms with van der Waals surface area (Å²) in [4.78, 5) is 13.2. The first-order chi connectivity index (χ1) is 12.1. The Balaban J connectivity index is 1.69. The number of carbonyl (C=O) groups is 1. The standard InChI is InChI=1S/C20H25NO3S/c1-4-16-5-7-18(8-6-16)24-14-13-21-20(22)15(2)25-19-11-9-17(23-3)10-12-19/h5-12,15H,4,13-14H2,1-3H3,(H,21,22)/t15-/m0/s1. The van der Waals surface area contributed by atoms with Crippen molar-refractivity contribution in [2.24, 2.45) is 0 Å². The Morgan fingerprint density at radius 1 is 1.08 bits per heavy atom. The molecule has 0 spiro atoms. The molecule has 2 aromatic rings. The van der Waals surface area contributed by atoms with Crippen molar-refractivity contribution in [3.63, 3.8) is 0 Å². The van der Waals surface area contributed by atoms with Crippen molar-refractivity contribution in [3.8, 4) is 11.5 Å². The van der Waals surface area contributed by atoms with Crippen molar-refractivity contribution in [1.82, 2.24) is 5.32 Å². The Labute approximate surface area is 153 Å². The number of hydrogen-bond donors (Lipinski definition) is 1. The SMILES string of the molecule is CCc1ccc(OCCNC(=O)[C@H](C)Sc2ccc(OC)cc2)cc1. The number of nitrogens with one attached hydrogen (secondary N) is 1. The first-order valence-corrected chi connectivity index (χ1v) is 9.30. The highest BCUT2D eigenvalue weighted by Crippen LogP contribution is 2.25. The predicted molar refractivity (Wildman–Crippen MR) is 103 cm³/mol. The van der Waals surface area contributed by atoms with Crippen molar-refractivity contribution >= 4 is 17.7 Å². The summed E-state index contributed by atoms with van der Waals surface area (Å²) >= 11 is 1.52. The second-order valence-corrected chi connectivity index (χ2v) is 6.99. The molecular weight excluding hydrogens is 334 g/mol. The summed E-state index contributed by atoms with van der Waals surface area (Å²) in [5.41, 5.74) is 1.28. The molecule has 2 aromatic carbocycles. The molecule has 25 heavy (non-hydrogen) atoms. The highest BCUT2D eigenvalue weighted by atomic mass is 32.2. The second kappa shape index (κ2) is 9.99. The van der Waals surface area contributed by atoms with Gasteiger partial charge in [0.05, 0.1) is 18.9 Å². The molecule has 1 atom stereocenters. The Hall–Kier alpha value is -2.14. The lowest BCUT2D eigenvalue weighted by Crippen LogP contribution is -2.33. The average Bonchev–Trinajstić information content (AvgIpc) is 2.66. The summed E-state index contributed by atoms with van der Waals surface area (Å²) in [7, 11) is 1.64. The zero-order valence-corrected chi connectivity index (χ0v) is 15.8. The summed E-state index contributed by atoms with van der Waals surface area (Å²) in [6.07, 6.45) is 1.01. The van der Waals surface area contributed by atoms with Crippen LogP contribution in [0.5, 0.6) is 11.5 Å². The summed E-state index contributed by atoms with van der Waals surface area (Å²) in [5.74, 6) is 1.64. The third-order valence-electron chi connectivity index (χ3n) is 3.74. The summed E-state index contributed by atoms with van der Waals surface area (Å²) < 4.78 is 10.8. The lowest BCUT2D eigenvalue weighted by atomic mass is 10.2. The molecule has 0 saturated heterocycles. The molecule has 1 N–H and O–H groups in total. The summed E-state index contributed by atoms with van der Waals surface area (Å²) in [6, 6.07) is 15.7. The fraction of sp³-hybridized carbons (Fsp3) is 0.350. The van der Waals surface area contributed by atoms with Crippen LogP contribution in [0.3, 0.4) is 0 Å². The van der Waals surface area contributed by atoms with Gasteiger partial charge in [-0.15, -0.1) is 11.8 Å². The molecule has 1 amide bonds. The Bertz CT molecular complexity index is 656.